The summed E-state index contributed by atoms with van der Waals surface area (Å²) in [4.78, 5) is 31.3. The monoisotopic (exact) mass is 410 g/mol. The van der Waals surface area contributed by atoms with Crippen molar-refractivity contribution in [2.45, 2.75) is 32.1 Å². The summed E-state index contributed by atoms with van der Waals surface area (Å²) in [5.74, 6) is 1.30. The highest BCUT2D eigenvalue weighted by Gasteiger charge is 2.28. The quantitative estimate of drug-likeness (QED) is 0.682. The van der Waals surface area contributed by atoms with E-state index in [9.17, 15) is 9.59 Å². The number of aromatic nitrogens is 2. The highest BCUT2D eigenvalue weighted by molar-refractivity contribution is 7.12. The van der Waals surface area contributed by atoms with Gasteiger partial charge < -0.3 is 14.7 Å². The van der Waals surface area contributed by atoms with Crippen molar-refractivity contribution in [1.82, 2.24) is 15.0 Å². The number of anilines is 1. The summed E-state index contributed by atoms with van der Waals surface area (Å²) in [7, 11) is 0. The fourth-order valence-corrected chi connectivity index (χ4v) is 4.08. The minimum Gasteiger partial charge on any atom is -0.339 e. The van der Waals surface area contributed by atoms with Crippen LogP contribution in [0.1, 0.15) is 47.7 Å². The van der Waals surface area contributed by atoms with E-state index in [1.165, 1.54) is 11.3 Å². The molecule has 1 fully saturated rings. The van der Waals surface area contributed by atoms with Gasteiger partial charge in [0, 0.05) is 36.7 Å². The first kappa shape index (κ1) is 19.3. The summed E-state index contributed by atoms with van der Waals surface area (Å²) in [6.07, 6.45) is 2.01. The number of thiophene rings is 1. The highest BCUT2D eigenvalue weighted by atomic mass is 32.1. The van der Waals surface area contributed by atoms with Crippen LogP contribution in [0.15, 0.2) is 46.3 Å². The van der Waals surface area contributed by atoms with Gasteiger partial charge in [0.25, 0.3) is 5.91 Å². The first-order valence-corrected chi connectivity index (χ1v) is 10.6. The lowest BCUT2D eigenvalue weighted by molar-refractivity contribution is -0.115. The van der Waals surface area contributed by atoms with Crippen molar-refractivity contribution in [1.29, 1.82) is 0 Å². The van der Waals surface area contributed by atoms with Crippen LogP contribution in [0.2, 0.25) is 0 Å². The molecule has 1 saturated heterocycles. The van der Waals surface area contributed by atoms with E-state index in [4.69, 9.17) is 4.52 Å². The van der Waals surface area contributed by atoms with E-state index in [-0.39, 0.29) is 17.7 Å². The molecule has 29 heavy (non-hydrogen) atoms. The lowest BCUT2D eigenvalue weighted by atomic mass is 9.96. The Bertz CT molecular complexity index is 991. The normalized spacial score (nSPS) is 14.7. The van der Waals surface area contributed by atoms with Crippen molar-refractivity contribution >= 4 is 28.8 Å². The Morgan fingerprint density at radius 3 is 2.79 bits per heavy atom. The summed E-state index contributed by atoms with van der Waals surface area (Å²) in [5, 5.41) is 8.88. The van der Waals surface area contributed by atoms with Gasteiger partial charge in [0.2, 0.25) is 17.6 Å². The van der Waals surface area contributed by atoms with E-state index in [1.54, 1.807) is 0 Å². The summed E-state index contributed by atoms with van der Waals surface area (Å²) in [6, 6.07) is 11.2. The van der Waals surface area contributed by atoms with E-state index < -0.39 is 0 Å². The maximum absolute atomic E-state index is 12.5. The second kappa shape index (κ2) is 8.57. The van der Waals surface area contributed by atoms with Crippen LogP contribution in [0, 0.1) is 0 Å². The van der Waals surface area contributed by atoms with Crippen LogP contribution in [-0.2, 0) is 4.79 Å². The summed E-state index contributed by atoms with van der Waals surface area (Å²) >= 11 is 1.47. The largest absolute Gasteiger partial charge is 0.339 e. The molecule has 0 spiro atoms. The first-order chi connectivity index (χ1) is 14.1. The molecule has 2 amide bonds. The van der Waals surface area contributed by atoms with Crippen molar-refractivity contribution in [2.24, 2.45) is 0 Å². The number of amides is 2. The summed E-state index contributed by atoms with van der Waals surface area (Å²) < 4.78 is 5.52. The smallest absolute Gasteiger partial charge is 0.263 e. The van der Waals surface area contributed by atoms with Gasteiger partial charge in [0.15, 0.2) is 0 Å². The third-order valence-corrected chi connectivity index (χ3v) is 5.89. The van der Waals surface area contributed by atoms with Gasteiger partial charge in [-0.2, -0.15) is 4.98 Å². The highest BCUT2D eigenvalue weighted by Crippen LogP contribution is 2.30. The topological polar surface area (TPSA) is 88.3 Å². The molecule has 1 aliphatic heterocycles. The number of carbonyl (C=O) groups excluding carboxylic acids is 2. The molecule has 0 unspecified atom stereocenters. The second-order valence-corrected chi connectivity index (χ2v) is 7.93. The summed E-state index contributed by atoms with van der Waals surface area (Å²) in [6.45, 7) is 3.17. The molecule has 0 radical (unpaired) electrons. The third kappa shape index (κ3) is 4.37. The lowest BCUT2D eigenvalue weighted by Crippen LogP contribution is -2.37. The number of rotatable bonds is 5. The number of benzene rings is 1. The molecule has 7 nitrogen and oxygen atoms in total. The maximum Gasteiger partial charge on any atom is 0.263 e. The van der Waals surface area contributed by atoms with Gasteiger partial charge in [-0.3, -0.25) is 9.59 Å². The molecule has 0 atom stereocenters. The van der Waals surface area contributed by atoms with Crippen molar-refractivity contribution in [3.8, 4) is 11.4 Å². The van der Waals surface area contributed by atoms with Crippen LogP contribution in [0.3, 0.4) is 0 Å². The Hall–Kier alpha value is -3.00. The van der Waals surface area contributed by atoms with Gasteiger partial charge in [0.1, 0.15) is 0 Å². The van der Waals surface area contributed by atoms with Gasteiger partial charge >= 0.3 is 0 Å². The fourth-order valence-electron chi connectivity index (χ4n) is 3.39. The number of nitrogens with one attached hydrogen (secondary N) is 1. The zero-order chi connectivity index (χ0) is 20.2. The molecule has 3 heterocycles. The first-order valence-electron chi connectivity index (χ1n) is 9.70. The molecular weight excluding hydrogens is 388 g/mol. The average molecular weight is 410 g/mol. The Balaban J connectivity index is 1.40. The van der Waals surface area contributed by atoms with E-state index in [0.29, 0.717) is 36.9 Å². The zero-order valence-corrected chi connectivity index (χ0v) is 16.9. The number of nitrogens with zero attached hydrogens (tertiary/aromatic N) is 3. The minimum absolute atomic E-state index is 0.0418. The van der Waals surface area contributed by atoms with Crippen LogP contribution >= 0.6 is 11.3 Å². The standard InChI is InChI=1S/C21H22N4O3S/c1-2-18(26)22-16-6-3-5-15(13-16)19-23-20(28-24-19)14-8-10-25(11-9-14)21(27)17-7-4-12-29-17/h3-7,12-14H,2,8-11H2,1H3,(H,22,26). The van der Waals surface area contributed by atoms with E-state index in [1.807, 2.05) is 53.6 Å². The molecule has 0 saturated carbocycles. The summed E-state index contributed by atoms with van der Waals surface area (Å²) in [5.41, 5.74) is 1.50. The Morgan fingerprint density at radius 2 is 2.07 bits per heavy atom. The molecule has 3 aromatic rings. The van der Waals surface area contributed by atoms with Crippen LogP contribution < -0.4 is 5.32 Å². The molecule has 0 bridgehead atoms. The van der Waals surface area contributed by atoms with Crippen LogP contribution in [0.4, 0.5) is 5.69 Å². The molecule has 4 rings (SSSR count). The second-order valence-electron chi connectivity index (χ2n) is 6.98. The third-order valence-electron chi connectivity index (χ3n) is 5.03. The predicted molar refractivity (Wildman–Crippen MR) is 111 cm³/mol. The number of carbonyl (C=O) groups is 2. The fraction of sp³-hybridized carbons (Fsp3) is 0.333. The van der Waals surface area contributed by atoms with Crippen molar-refractivity contribution in [3.63, 3.8) is 0 Å². The Labute approximate surface area is 172 Å². The van der Waals surface area contributed by atoms with Crippen molar-refractivity contribution < 1.29 is 14.1 Å². The Morgan fingerprint density at radius 1 is 1.24 bits per heavy atom. The van der Waals surface area contributed by atoms with E-state index in [2.05, 4.69) is 15.5 Å². The molecular formula is C21H22N4O3S. The number of hydrogen-bond donors (Lipinski definition) is 1. The molecule has 8 heteroatoms. The average Bonchev–Trinajstić information content (AvgIpc) is 3.46. The Kier molecular flexibility index (Phi) is 5.71. The van der Waals surface area contributed by atoms with E-state index in [0.717, 1.165) is 23.3 Å². The number of likely N-dealkylation sites (tertiary alicyclic amines) is 1. The SMILES string of the molecule is CCC(=O)Nc1cccc(-c2noc(C3CCN(C(=O)c4cccs4)CC3)n2)c1. The van der Waals surface area contributed by atoms with Crippen LogP contribution in [0.25, 0.3) is 11.4 Å². The molecule has 1 N–H and O–H groups in total. The number of piperidine rings is 1. The van der Waals surface area contributed by atoms with Gasteiger partial charge in [-0.25, -0.2) is 0 Å². The van der Waals surface area contributed by atoms with Gasteiger partial charge in [0.05, 0.1) is 4.88 Å². The van der Waals surface area contributed by atoms with E-state index >= 15 is 0 Å². The van der Waals surface area contributed by atoms with Crippen LogP contribution in [0.5, 0.6) is 0 Å². The molecule has 0 aliphatic carbocycles. The zero-order valence-electron chi connectivity index (χ0n) is 16.1. The van der Waals surface area contributed by atoms with Gasteiger partial charge in [-0.1, -0.05) is 30.3 Å². The molecule has 1 aromatic carbocycles. The van der Waals surface area contributed by atoms with Crippen LogP contribution in [-0.4, -0.2) is 39.9 Å². The van der Waals surface area contributed by atoms with Crippen molar-refractivity contribution in [2.75, 3.05) is 18.4 Å². The van der Waals surface area contributed by atoms with Crippen molar-refractivity contribution in [3.05, 3.63) is 52.5 Å². The van der Waals surface area contributed by atoms with Gasteiger partial charge in [-0.15, -0.1) is 11.3 Å². The lowest BCUT2D eigenvalue weighted by Gasteiger charge is -2.30. The molecule has 150 valence electrons. The molecule has 1 aliphatic rings. The minimum atomic E-state index is -0.0418. The molecule has 2 aromatic heterocycles. The maximum atomic E-state index is 12.5. The predicted octanol–water partition coefficient (Wildman–Crippen LogP) is 4.17. The van der Waals surface area contributed by atoms with Gasteiger partial charge in [-0.05, 0) is 36.4 Å². The number of hydrogen-bond acceptors (Lipinski definition) is 6.